The van der Waals surface area contributed by atoms with E-state index in [-0.39, 0.29) is 17.3 Å². The molecule has 1 aliphatic rings. The van der Waals surface area contributed by atoms with E-state index in [2.05, 4.69) is 21.0 Å². The van der Waals surface area contributed by atoms with E-state index in [0.29, 0.717) is 23.9 Å². The quantitative estimate of drug-likeness (QED) is 0.473. The Labute approximate surface area is 192 Å². The number of benzene rings is 2. The van der Waals surface area contributed by atoms with Crippen LogP contribution in [-0.4, -0.2) is 27.4 Å². The van der Waals surface area contributed by atoms with Gasteiger partial charge in [0.05, 0.1) is 16.9 Å². The first-order valence-corrected chi connectivity index (χ1v) is 10.9. The summed E-state index contributed by atoms with van der Waals surface area (Å²) in [6.07, 6.45) is 4.12. The predicted octanol–water partition coefficient (Wildman–Crippen LogP) is 5.14. The Hall–Kier alpha value is -4.00. The van der Waals surface area contributed by atoms with Crippen molar-refractivity contribution in [2.45, 2.75) is 27.2 Å². The molecule has 2 aromatic carbocycles. The first-order chi connectivity index (χ1) is 15.8. The van der Waals surface area contributed by atoms with Crippen LogP contribution < -0.4 is 15.4 Å². The zero-order valence-corrected chi connectivity index (χ0v) is 18.9. The number of anilines is 2. The van der Waals surface area contributed by atoms with Crippen LogP contribution in [0.3, 0.4) is 0 Å². The number of aryl methyl sites for hydroxylation is 1. The average Bonchev–Trinajstić information content (AvgIpc) is 3.08. The molecule has 0 bridgehead atoms. The Bertz CT molecular complexity index is 1380. The van der Waals surface area contributed by atoms with Gasteiger partial charge in [0.2, 0.25) is 17.7 Å². The van der Waals surface area contributed by atoms with Crippen LogP contribution >= 0.6 is 0 Å². The maximum atomic E-state index is 13.0. The fourth-order valence-electron chi connectivity index (χ4n) is 4.28. The summed E-state index contributed by atoms with van der Waals surface area (Å²) in [6, 6.07) is 15.5. The highest BCUT2D eigenvalue weighted by Crippen LogP contribution is 2.42. The molecule has 2 N–H and O–H groups in total. The number of nitrogens with zero attached hydrogens (tertiary/aromatic N) is 4. The molecular formula is C26H25N5O2. The SMILES string of the molecule is Cc1ccc2c(N3CCC(C)(C)C3=O)cccc2c1Oc1ncccc1-c1ccnc(N)n1. The van der Waals surface area contributed by atoms with Gasteiger partial charge in [-0.3, -0.25) is 4.79 Å². The molecular weight excluding hydrogens is 414 g/mol. The maximum Gasteiger partial charge on any atom is 0.232 e. The number of fused-ring (bicyclic) bond motifs is 1. The van der Waals surface area contributed by atoms with Crippen molar-refractivity contribution in [2.75, 3.05) is 17.2 Å². The molecule has 0 radical (unpaired) electrons. The highest BCUT2D eigenvalue weighted by Gasteiger charge is 2.39. The molecule has 0 unspecified atom stereocenters. The topological polar surface area (TPSA) is 94.2 Å². The van der Waals surface area contributed by atoms with Crippen molar-refractivity contribution in [3.05, 3.63) is 66.5 Å². The second kappa shape index (κ2) is 7.85. The minimum absolute atomic E-state index is 0.145. The number of carbonyl (C=O) groups is 1. The summed E-state index contributed by atoms with van der Waals surface area (Å²) in [4.78, 5) is 27.7. The van der Waals surface area contributed by atoms with Gasteiger partial charge >= 0.3 is 0 Å². The molecule has 33 heavy (non-hydrogen) atoms. The van der Waals surface area contributed by atoms with E-state index in [9.17, 15) is 4.79 Å². The third kappa shape index (κ3) is 3.65. The third-order valence-corrected chi connectivity index (χ3v) is 6.18. The standard InChI is InChI=1S/C26H25N5O2/c1-16-9-10-17-18(6-4-8-21(17)31-15-12-26(2,3)24(31)32)22(16)33-23-19(7-5-13-28-23)20-11-14-29-25(27)30-20/h4-11,13-14H,12,15H2,1-3H3,(H2,27,29,30). The Balaban J connectivity index is 1.61. The lowest BCUT2D eigenvalue weighted by molar-refractivity contribution is -0.123. The molecule has 7 nitrogen and oxygen atoms in total. The van der Waals surface area contributed by atoms with Gasteiger partial charge in [0.1, 0.15) is 5.75 Å². The lowest BCUT2D eigenvalue weighted by Crippen LogP contribution is -2.30. The normalized spacial score (nSPS) is 15.2. The van der Waals surface area contributed by atoms with Gasteiger partial charge in [-0.2, -0.15) is 0 Å². The van der Waals surface area contributed by atoms with Crippen molar-refractivity contribution in [3.63, 3.8) is 0 Å². The Kier molecular flexibility index (Phi) is 4.96. The number of carbonyl (C=O) groups excluding carboxylic acids is 1. The van der Waals surface area contributed by atoms with Crippen molar-refractivity contribution < 1.29 is 9.53 Å². The summed E-state index contributed by atoms with van der Waals surface area (Å²) >= 11 is 0. The largest absolute Gasteiger partial charge is 0.437 e. The summed E-state index contributed by atoms with van der Waals surface area (Å²) < 4.78 is 6.42. The van der Waals surface area contributed by atoms with Crippen molar-refractivity contribution in [2.24, 2.45) is 5.41 Å². The van der Waals surface area contributed by atoms with Gasteiger partial charge in [0.25, 0.3) is 0 Å². The summed E-state index contributed by atoms with van der Waals surface area (Å²) in [5, 5.41) is 1.89. The number of nitrogens with two attached hydrogens (primary N) is 1. The monoisotopic (exact) mass is 439 g/mol. The van der Waals surface area contributed by atoms with Crippen LogP contribution in [0.15, 0.2) is 60.9 Å². The zero-order chi connectivity index (χ0) is 23.2. The van der Waals surface area contributed by atoms with Gasteiger partial charge in [-0.1, -0.05) is 38.1 Å². The molecule has 1 fully saturated rings. The molecule has 0 aliphatic carbocycles. The molecule has 0 spiro atoms. The Morgan fingerprint density at radius 1 is 1.00 bits per heavy atom. The highest BCUT2D eigenvalue weighted by atomic mass is 16.5. The van der Waals surface area contributed by atoms with Crippen molar-refractivity contribution in [1.82, 2.24) is 15.0 Å². The second-order valence-corrected chi connectivity index (χ2v) is 8.93. The number of hydrogen-bond donors (Lipinski definition) is 1. The van der Waals surface area contributed by atoms with Gasteiger partial charge in [0, 0.05) is 35.1 Å². The number of nitrogen functional groups attached to an aromatic ring is 1. The number of hydrogen-bond acceptors (Lipinski definition) is 6. The van der Waals surface area contributed by atoms with Crippen molar-refractivity contribution >= 4 is 28.3 Å². The zero-order valence-electron chi connectivity index (χ0n) is 18.9. The van der Waals surface area contributed by atoms with Crippen LogP contribution in [0.25, 0.3) is 22.0 Å². The van der Waals surface area contributed by atoms with E-state index in [1.54, 1.807) is 18.5 Å². The van der Waals surface area contributed by atoms with Gasteiger partial charge in [0.15, 0.2) is 0 Å². The molecule has 5 rings (SSSR count). The third-order valence-electron chi connectivity index (χ3n) is 6.18. The molecule has 1 saturated heterocycles. The molecule has 2 aromatic heterocycles. The van der Waals surface area contributed by atoms with Crippen LogP contribution in [0.5, 0.6) is 11.6 Å². The Morgan fingerprint density at radius 2 is 1.85 bits per heavy atom. The second-order valence-electron chi connectivity index (χ2n) is 8.93. The predicted molar refractivity (Wildman–Crippen MR) is 129 cm³/mol. The van der Waals surface area contributed by atoms with Gasteiger partial charge in [-0.15, -0.1) is 0 Å². The van der Waals surface area contributed by atoms with E-state index in [1.165, 1.54) is 0 Å². The van der Waals surface area contributed by atoms with E-state index in [0.717, 1.165) is 34.0 Å². The summed E-state index contributed by atoms with van der Waals surface area (Å²) in [5.41, 5.74) is 8.65. The number of amides is 1. The number of rotatable bonds is 4. The van der Waals surface area contributed by atoms with Crippen LogP contribution in [-0.2, 0) is 4.79 Å². The molecule has 0 atom stereocenters. The highest BCUT2D eigenvalue weighted by molar-refractivity contribution is 6.08. The number of ether oxygens (including phenoxy) is 1. The van der Waals surface area contributed by atoms with E-state index in [4.69, 9.17) is 10.5 Å². The van der Waals surface area contributed by atoms with Crippen molar-refractivity contribution in [3.8, 4) is 22.9 Å². The Morgan fingerprint density at radius 3 is 2.61 bits per heavy atom. The van der Waals surface area contributed by atoms with Crippen molar-refractivity contribution in [1.29, 1.82) is 0 Å². The molecule has 4 aromatic rings. The molecule has 7 heteroatoms. The summed E-state index contributed by atoms with van der Waals surface area (Å²) in [7, 11) is 0. The minimum Gasteiger partial charge on any atom is -0.437 e. The molecule has 3 heterocycles. The van der Waals surface area contributed by atoms with Crippen LogP contribution in [0.1, 0.15) is 25.8 Å². The molecule has 1 amide bonds. The van der Waals surface area contributed by atoms with Crippen LogP contribution in [0.4, 0.5) is 11.6 Å². The maximum absolute atomic E-state index is 13.0. The smallest absolute Gasteiger partial charge is 0.232 e. The van der Waals surface area contributed by atoms with E-state index >= 15 is 0 Å². The fourth-order valence-corrected chi connectivity index (χ4v) is 4.28. The number of pyridine rings is 1. The lowest BCUT2D eigenvalue weighted by Gasteiger charge is -2.22. The first kappa shape index (κ1) is 20.9. The van der Waals surface area contributed by atoms with E-state index in [1.807, 2.05) is 62.1 Å². The lowest BCUT2D eigenvalue weighted by atomic mass is 9.92. The van der Waals surface area contributed by atoms with Gasteiger partial charge < -0.3 is 15.4 Å². The van der Waals surface area contributed by atoms with Crippen LogP contribution in [0.2, 0.25) is 0 Å². The average molecular weight is 440 g/mol. The number of aromatic nitrogens is 3. The molecule has 166 valence electrons. The molecule has 1 aliphatic heterocycles. The summed E-state index contributed by atoms with van der Waals surface area (Å²) in [5.74, 6) is 1.45. The van der Waals surface area contributed by atoms with Gasteiger partial charge in [-0.05, 0) is 43.2 Å². The summed E-state index contributed by atoms with van der Waals surface area (Å²) in [6.45, 7) is 6.70. The van der Waals surface area contributed by atoms with E-state index < -0.39 is 0 Å². The molecule has 0 saturated carbocycles. The first-order valence-electron chi connectivity index (χ1n) is 10.9. The van der Waals surface area contributed by atoms with Gasteiger partial charge in [-0.25, -0.2) is 15.0 Å². The fraction of sp³-hybridized carbons (Fsp3) is 0.231. The van der Waals surface area contributed by atoms with Crippen LogP contribution in [0, 0.1) is 12.3 Å². The minimum atomic E-state index is -0.353.